The summed E-state index contributed by atoms with van der Waals surface area (Å²) in [6, 6.07) is 18.0. The minimum atomic E-state index is -0.883. The Morgan fingerprint density at radius 1 is 1.03 bits per heavy atom. The summed E-state index contributed by atoms with van der Waals surface area (Å²) in [5.74, 6) is 0.0910. The fourth-order valence-corrected chi connectivity index (χ4v) is 4.78. The molecular formula is C27H27N3O3S. The molecule has 0 spiro atoms. The molecule has 4 rings (SSSR count). The number of anilines is 1. The number of hydrogen-bond acceptors (Lipinski definition) is 5. The SMILES string of the molecule is Cc1ccc(C)c(N(C(=O)c2sc(C)nc2C)[C@H](C(=O)NCc2ccco2)c2ccccc2)c1. The van der Waals surface area contributed by atoms with Crippen molar-refractivity contribution in [2.75, 3.05) is 4.90 Å². The third-order valence-electron chi connectivity index (χ3n) is 5.58. The Balaban J connectivity index is 1.85. The number of furan rings is 1. The van der Waals surface area contributed by atoms with Gasteiger partial charge in [0, 0.05) is 5.69 Å². The third-order valence-corrected chi connectivity index (χ3v) is 6.64. The number of rotatable bonds is 7. The van der Waals surface area contributed by atoms with Crippen molar-refractivity contribution < 1.29 is 14.0 Å². The van der Waals surface area contributed by atoms with Crippen LogP contribution in [0, 0.1) is 27.7 Å². The van der Waals surface area contributed by atoms with Crippen LogP contribution in [-0.4, -0.2) is 16.8 Å². The molecule has 4 aromatic rings. The van der Waals surface area contributed by atoms with Gasteiger partial charge in [-0.15, -0.1) is 11.3 Å². The van der Waals surface area contributed by atoms with E-state index < -0.39 is 6.04 Å². The van der Waals surface area contributed by atoms with Crippen LogP contribution in [0.15, 0.2) is 71.3 Å². The molecule has 0 aliphatic heterocycles. The summed E-state index contributed by atoms with van der Waals surface area (Å²) in [7, 11) is 0. The molecule has 174 valence electrons. The highest BCUT2D eigenvalue weighted by molar-refractivity contribution is 7.13. The summed E-state index contributed by atoms with van der Waals surface area (Å²) in [6.07, 6.45) is 1.57. The number of hydrogen-bond donors (Lipinski definition) is 1. The number of amides is 2. The summed E-state index contributed by atoms with van der Waals surface area (Å²) in [5.41, 5.74) is 3.96. The Hall–Kier alpha value is -3.71. The predicted octanol–water partition coefficient (Wildman–Crippen LogP) is 5.67. The van der Waals surface area contributed by atoms with E-state index in [0.29, 0.717) is 27.6 Å². The van der Waals surface area contributed by atoms with Crippen molar-refractivity contribution in [3.8, 4) is 0 Å². The molecule has 2 amide bonds. The van der Waals surface area contributed by atoms with E-state index in [1.807, 2.05) is 76.2 Å². The van der Waals surface area contributed by atoms with Gasteiger partial charge in [-0.1, -0.05) is 42.5 Å². The van der Waals surface area contributed by atoms with E-state index in [0.717, 1.165) is 16.1 Å². The van der Waals surface area contributed by atoms with Crippen LogP contribution in [0.2, 0.25) is 0 Å². The van der Waals surface area contributed by atoms with Crippen LogP contribution in [0.5, 0.6) is 0 Å². The first-order valence-corrected chi connectivity index (χ1v) is 11.9. The number of benzene rings is 2. The standard InChI is InChI=1S/C27H27N3O3S/c1-17-12-13-18(2)23(15-17)30(27(32)25-19(3)29-20(4)34-25)24(21-9-6-5-7-10-21)26(31)28-16-22-11-8-14-33-22/h5-15,24H,16H2,1-4H3,(H,28,31)/t24-/m0/s1. The Bertz CT molecular complexity index is 1300. The molecule has 6 nitrogen and oxygen atoms in total. The van der Waals surface area contributed by atoms with Crippen molar-refractivity contribution in [1.82, 2.24) is 10.3 Å². The topological polar surface area (TPSA) is 75.4 Å². The lowest BCUT2D eigenvalue weighted by molar-refractivity contribution is -0.122. The lowest BCUT2D eigenvalue weighted by Crippen LogP contribution is -2.44. The zero-order chi connectivity index (χ0) is 24.2. The molecule has 7 heteroatoms. The highest BCUT2D eigenvalue weighted by Crippen LogP contribution is 2.34. The fourth-order valence-electron chi connectivity index (χ4n) is 3.92. The average molecular weight is 474 g/mol. The minimum absolute atomic E-state index is 0.225. The maximum Gasteiger partial charge on any atom is 0.271 e. The largest absolute Gasteiger partial charge is 0.467 e. The van der Waals surface area contributed by atoms with Crippen molar-refractivity contribution in [2.24, 2.45) is 0 Å². The van der Waals surface area contributed by atoms with Crippen LogP contribution in [-0.2, 0) is 11.3 Å². The van der Waals surface area contributed by atoms with Gasteiger partial charge in [-0.05, 0) is 62.6 Å². The molecule has 0 bridgehead atoms. The van der Waals surface area contributed by atoms with Crippen molar-refractivity contribution >= 4 is 28.8 Å². The molecule has 0 radical (unpaired) electrons. The maximum atomic E-state index is 14.1. The molecule has 1 atom stereocenters. The highest BCUT2D eigenvalue weighted by Gasteiger charge is 2.35. The monoisotopic (exact) mass is 473 g/mol. The molecular weight excluding hydrogens is 446 g/mol. The van der Waals surface area contributed by atoms with E-state index >= 15 is 0 Å². The third kappa shape index (κ3) is 4.94. The number of aromatic nitrogens is 1. The van der Waals surface area contributed by atoms with Gasteiger partial charge >= 0.3 is 0 Å². The lowest BCUT2D eigenvalue weighted by atomic mass is 10.0. The highest BCUT2D eigenvalue weighted by atomic mass is 32.1. The number of carbonyl (C=O) groups is 2. The Morgan fingerprint density at radius 3 is 2.44 bits per heavy atom. The fraction of sp³-hybridized carbons (Fsp3) is 0.222. The van der Waals surface area contributed by atoms with Gasteiger partial charge in [-0.25, -0.2) is 4.98 Å². The molecule has 0 unspecified atom stereocenters. The number of carbonyl (C=O) groups excluding carboxylic acids is 2. The zero-order valence-electron chi connectivity index (χ0n) is 19.7. The predicted molar refractivity (Wildman–Crippen MR) is 134 cm³/mol. The first kappa shape index (κ1) is 23.4. The van der Waals surface area contributed by atoms with Crippen molar-refractivity contribution in [3.63, 3.8) is 0 Å². The lowest BCUT2D eigenvalue weighted by Gasteiger charge is -2.32. The van der Waals surface area contributed by atoms with Crippen LogP contribution in [0.3, 0.4) is 0 Å². The van der Waals surface area contributed by atoms with Gasteiger partial charge in [0.25, 0.3) is 5.91 Å². The van der Waals surface area contributed by atoms with Gasteiger partial charge in [0.15, 0.2) is 0 Å². The van der Waals surface area contributed by atoms with E-state index in [-0.39, 0.29) is 18.4 Å². The van der Waals surface area contributed by atoms with Crippen LogP contribution in [0.1, 0.15) is 48.9 Å². The maximum absolute atomic E-state index is 14.1. The normalized spacial score (nSPS) is 11.8. The molecule has 2 aromatic heterocycles. The molecule has 0 aliphatic rings. The van der Waals surface area contributed by atoms with Gasteiger partial charge < -0.3 is 9.73 Å². The number of aryl methyl sites for hydroxylation is 4. The quantitative estimate of drug-likeness (QED) is 0.375. The average Bonchev–Trinajstić information content (AvgIpc) is 3.46. The van der Waals surface area contributed by atoms with E-state index in [1.54, 1.807) is 23.3 Å². The van der Waals surface area contributed by atoms with E-state index in [1.165, 1.54) is 11.3 Å². The van der Waals surface area contributed by atoms with Crippen LogP contribution in [0.25, 0.3) is 0 Å². The van der Waals surface area contributed by atoms with Crippen molar-refractivity contribution in [2.45, 2.75) is 40.3 Å². The van der Waals surface area contributed by atoms with Gasteiger partial charge in [-0.3, -0.25) is 14.5 Å². The second-order valence-electron chi connectivity index (χ2n) is 8.22. The molecule has 0 saturated heterocycles. The molecule has 0 aliphatic carbocycles. The summed E-state index contributed by atoms with van der Waals surface area (Å²) in [6.45, 7) is 7.85. The molecule has 2 heterocycles. The van der Waals surface area contributed by atoms with Gasteiger partial charge in [0.05, 0.1) is 23.5 Å². The second-order valence-corrected chi connectivity index (χ2v) is 9.43. The van der Waals surface area contributed by atoms with E-state index in [2.05, 4.69) is 10.3 Å². The number of nitrogens with zero attached hydrogens (tertiary/aromatic N) is 2. The molecule has 0 saturated carbocycles. The Labute approximate surface area is 203 Å². The van der Waals surface area contributed by atoms with Gasteiger partial charge in [0.1, 0.15) is 16.7 Å². The smallest absolute Gasteiger partial charge is 0.271 e. The Morgan fingerprint density at radius 2 is 1.79 bits per heavy atom. The molecule has 0 fully saturated rings. The zero-order valence-corrected chi connectivity index (χ0v) is 20.5. The van der Waals surface area contributed by atoms with Gasteiger partial charge in [-0.2, -0.15) is 0 Å². The van der Waals surface area contributed by atoms with E-state index in [4.69, 9.17) is 4.42 Å². The van der Waals surface area contributed by atoms with E-state index in [9.17, 15) is 9.59 Å². The Kier molecular flexibility index (Phi) is 6.93. The summed E-state index contributed by atoms with van der Waals surface area (Å²) < 4.78 is 5.38. The summed E-state index contributed by atoms with van der Waals surface area (Å²) in [4.78, 5) is 34.4. The van der Waals surface area contributed by atoms with Crippen molar-refractivity contribution in [1.29, 1.82) is 0 Å². The first-order valence-electron chi connectivity index (χ1n) is 11.0. The van der Waals surface area contributed by atoms with Crippen LogP contribution < -0.4 is 10.2 Å². The minimum Gasteiger partial charge on any atom is -0.467 e. The second kappa shape index (κ2) is 10.1. The molecule has 2 aromatic carbocycles. The summed E-state index contributed by atoms with van der Waals surface area (Å²) in [5, 5.41) is 3.76. The molecule has 1 N–H and O–H groups in total. The number of nitrogens with one attached hydrogen (secondary N) is 1. The number of thiazole rings is 1. The van der Waals surface area contributed by atoms with Gasteiger partial charge in [0.2, 0.25) is 5.91 Å². The summed E-state index contributed by atoms with van der Waals surface area (Å²) >= 11 is 1.34. The first-order chi connectivity index (χ1) is 16.3. The van der Waals surface area contributed by atoms with Crippen LogP contribution in [0.4, 0.5) is 5.69 Å². The van der Waals surface area contributed by atoms with Crippen molar-refractivity contribution in [3.05, 3.63) is 105 Å². The molecule has 34 heavy (non-hydrogen) atoms. The van der Waals surface area contributed by atoms with Crippen LogP contribution >= 0.6 is 11.3 Å².